The molecule has 12 heteroatoms. The van der Waals surface area contributed by atoms with Crippen LogP contribution in [-0.2, 0) is 35.5 Å². The van der Waals surface area contributed by atoms with Gasteiger partial charge in [-0.1, -0.05) is 69.9 Å². The molecule has 0 saturated heterocycles. The number of hydrogen-bond acceptors (Lipinski definition) is 4. The summed E-state index contributed by atoms with van der Waals surface area (Å²) in [6, 6.07) is 9.13. The molecule has 3 heterocycles. The lowest BCUT2D eigenvalue weighted by molar-refractivity contribution is -0.697. The summed E-state index contributed by atoms with van der Waals surface area (Å²) < 4.78 is 67.9. The highest BCUT2D eigenvalue weighted by Crippen LogP contribution is 2.14. The molecule has 0 aromatic carbocycles. The van der Waals surface area contributed by atoms with Crippen LogP contribution in [0.25, 0.3) is 0 Å². The normalized spacial score (nSPS) is 17.7. The van der Waals surface area contributed by atoms with Crippen LogP contribution in [0.1, 0.15) is 127 Å². The van der Waals surface area contributed by atoms with Gasteiger partial charge in [0.2, 0.25) is 0 Å². The van der Waals surface area contributed by atoms with Crippen LogP contribution in [0.15, 0.2) is 61.2 Å². The molecule has 2 aromatic rings. The zero-order chi connectivity index (χ0) is 37.1. The molecule has 0 saturated carbocycles. The number of fused-ring (bicyclic) bond motifs is 4. The molecule has 282 valence electrons. The van der Waals surface area contributed by atoms with Crippen molar-refractivity contribution in [1.82, 2.24) is 0 Å². The first-order valence-corrected chi connectivity index (χ1v) is 18.0. The van der Waals surface area contributed by atoms with Crippen LogP contribution in [0.5, 0.6) is 0 Å². The van der Waals surface area contributed by atoms with Gasteiger partial charge >= 0.3 is 12.4 Å². The van der Waals surface area contributed by atoms with E-state index >= 15 is 0 Å². The molecule has 0 unspecified atom stereocenters. The Kier molecular flexibility index (Phi) is 23.5. The molecule has 1 aliphatic heterocycles. The van der Waals surface area contributed by atoms with E-state index in [2.05, 4.69) is 70.3 Å². The molecule has 0 atom stereocenters. The maximum absolute atomic E-state index is 10.5. The first kappa shape index (κ1) is 44.6. The topological polar surface area (TPSA) is 88.0 Å². The molecule has 0 amide bonds. The van der Waals surface area contributed by atoms with E-state index in [1.165, 1.54) is 146 Å². The minimum Gasteiger partial charge on any atom is -0.542 e. The monoisotopic (exact) mass is 716 g/mol. The Morgan fingerprint density at radius 1 is 0.500 bits per heavy atom. The summed E-state index contributed by atoms with van der Waals surface area (Å²) in [4.78, 5) is 17.6. The third kappa shape index (κ3) is 24.7. The van der Waals surface area contributed by atoms with Crippen LogP contribution in [0.2, 0.25) is 0 Å². The third-order valence-corrected chi connectivity index (χ3v) is 8.22. The lowest BCUT2D eigenvalue weighted by Gasteiger charge is -2.04. The van der Waals surface area contributed by atoms with Gasteiger partial charge < -0.3 is 19.8 Å². The molecule has 0 N–H and O–H groups in total. The van der Waals surface area contributed by atoms with Gasteiger partial charge in [-0.3, -0.25) is 0 Å². The predicted molar refractivity (Wildman–Crippen MR) is 175 cm³/mol. The zero-order valence-electron chi connectivity index (χ0n) is 29.1. The van der Waals surface area contributed by atoms with Crippen LogP contribution in [0.4, 0.5) is 26.3 Å². The average molecular weight is 717 g/mol. The third-order valence-electron chi connectivity index (χ3n) is 8.22. The Morgan fingerprint density at radius 2 is 0.800 bits per heavy atom. The molecule has 0 fully saturated rings. The number of carbonyl (C=O) groups excluding carboxylic acids is 2. The van der Waals surface area contributed by atoms with Crippen molar-refractivity contribution in [2.24, 2.45) is 0 Å². The molecular weight excluding hydrogens is 662 g/mol. The summed E-state index contributed by atoms with van der Waals surface area (Å²) in [7, 11) is 0. The van der Waals surface area contributed by atoms with E-state index in [4.69, 9.17) is 19.8 Å². The number of aryl methyl sites for hydroxylation is 4. The van der Waals surface area contributed by atoms with Crippen molar-refractivity contribution in [3.63, 3.8) is 0 Å². The van der Waals surface area contributed by atoms with Crippen molar-refractivity contribution < 1.29 is 55.3 Å². The quantitative estimate of drug-likeness (QED) is 0.164. The van der Waals surface area contributed by atoms with Crippen molar-refractivity contribution in [3.8, 4) is 0 Å². The predicted octanol–water partition coefficient (Wildman–Crippen LogP) is 7.24. The molecule has 2 aromatic heterocycles. The first-order valence-electron chi connectivity index (χ1n) is 18.0. The van der Waals surface area contributed by atoms with Crippen LogP contribution in [0.3, 0.4) is 0 Å². The van der Waals surface area contributed by atoms with Gasteiger partial charge in [0, 0.05) is 36.1 Å². The largest absolute Gasteiger partial charge is 0.542 e. The van der Waals surface area contributed by atoms with Crippen molar-refractivity contribution in [1.29, 1.82) is 0 Å². The average Bonchev–Trinajstić information content (AvgIpc) is 3.05. The van der Waals surface area contributed by atoms with Crippen LogP contribution < -0.4 is 19.3 Å². The number of allylic oxidation sites excluding steroid dienone is 2. The number of aromatic nitrogens is 2. The van der Waals surface area contributed by atoms with E-state index < -0.39 is 24.3 Å². The molecule has 0 radical (unpaired) electrons. The first-order chi connectivity index (χ1) is 23.8. The molecule has 50 heavy (non-hydrogen) atoms. The van der Waals surface area contributed by atoms with Gasteiger partial charge in [-0.2, -0.15) is 26.3 Å². The molecule has 6 nitrogen and oxygen atoms in total. The van der Waals surface area contributed by atoms with Gasteiger partial charge in [-0.25, -0.2) is 9.13 Å². The van der Waals surface area contributed by atoms with Crippen molar-refractivity contribution >= 4 is 11.9 Å². The summed E-state index contributed by atoms with van der Waals surface area (Å²) in [5, 5.41) is 17.6. The Bertz CT molecular complexity index is 1210. The highest BCUT2D eigenvalue weighted by Gasteiger charge is 2.29. The maximum atomic E-state index is 10.5. The number of hydrogen-bond donors (Lipinski definition) is 0. The zero-order valence-corrected chi connectivity index (χ0v) is 29.1. The molecule has 0 spiro atoms. The van der Waals surface area contributed by atoms with Gasteiger partial charge in [0.25, 0.3) is 0 Å². The second-order valence-corrected chi connectivity index (χ2v) is 12.7. The maximum Gasteiger partial charge on any atom is 0.430 e. The Balaban J connectivity index is 0.000000748. The fourth-order valence-electron chi connectivity index (χ4n) is 5.50. The number of nitrogens with zero attached hydrogens (tertiary/aromatic N) is 2. The van der Waals surface area contributed by atoms with Crippen LogP contribution >= 0.6 is 0 Å². The minimum absolute atomic E-state index is 1.16. The van der Waals surface area contributed by atoms with Gasteiger partial charge in [-0.05, 0) is 69.9 Å². The Labute approximate surface area is 293 Å². The number of carboxylic acid groups (broad SMARTS) is 2. The summed E-state index contributed by atoms with van der Waals surface area (Å²) in [5.41, 5.74) is 3.03. The fourth-order valence-corrected chi connectivity index (χ4v) is 5.50. The second kappa shape index (κ2) is 26.4. The smallest absolute Gasteiger partial charge is 0.430 e. The van der Waals surface area contributed by atoms with Crippen molar-refractivity contribution in [2.75, 3.05) is 0 Å². The van der Waals surface area contributed by atoms with Gasteiger partial charge in [0.1, 0.15) is 25.0 Å². The second-order valence-electron chi connectivity index (χ2n) is 12.7. The molecule has 1 aliphatic rings. The molecule has 3 rings (SSSR count). The summed E-state index contributed by atoms with van der Waals surface area (Å²) in [6.07, 6.45) is 30.6. The van der Waals surface area contributed by atoms with Gasteiger partial charge in [-0.15, -0.1) is 0 Å². The van der Waals surface area contributed by atoms with E-state index in [-0.39, 0.29) is 0 Å². The molecule has 4 bridgehead atoms. The number of carboxylic acids is 2. The number of rotatable bonds is 0. The standard InChI is InChI=1S/C34H54N2.2C2HF3O2/c1-3-7-11-15-19-27-35-29-22-26-34(32-35)24-18-14-10-6-2-4-8-12-16-20-28-36-30-21-25-33(31-36)23-17-13-9-5-1;2*3-2(4,5)1(6)7/h3,7,21-22,25-26,29-32H,1-2,4-6,8-20,23-24,27-28H2;2*(H,6,7)/q+2;;/p-2/b7-3+;;. The summed E-state index contributed by atoms with van der Waals surface area (Å²) >= 11 is 0. The summed E-state index contributed by atoms with van der Waals surface area (Å²) in [5.74, 6) is -6.01. The fraction of sp³-hybridized carbons (Fsp3) is 0.632. The highest BCUT2D eigenvalue weighted by atomic mass is 19.4. The van der Waals surface area contributed by atoms with E-state index in [0.29, 0.717) is 0 Å². The van der Waals surface area contributed by atoms with Gasteiger partial charge in [0.05, 0.1) is 0 Å². The summed E-state index contributed by atoms with van der Waals surface area (Å²) in [6.45, 7) is 2.34. The Hall–Kier alpha value is -3.44. The molecule has 0 aliphatic carbocycles. The minimum atomic E-state index is -5.19. The number of aliphatic carboxylic acids is 2. The number of carbonyl (C=O) groups is 2. The molecular formula is C38H54F6N2O4. The van der Waals surface area contributed by atoms with E-state index in [1.807, 2.05) is 0 Å². The Morgan fingerprint density at radius 3 is 1.18 bits per heavy atom. The van der Waals surface area contributed by atoms with Gasteiger partial charge in [0.15, 0.2) is 24.8 Å². The lowest BCUT2D eigenvalue weighted by atomic mass is 10.0. The van der Waals surface area contributed by atoms with E-state index in [1.54, 1.807) is 0 Å². The van der Waals surface area contributed by atoms with E-state index in [9.17, 15) is 26.3 Å². The lowest BCUT2D eigenvalue weighted by Crippen LogP contribution is -2.37. The number of halogens is 6. The van der Waals surface area contributed by atoms with Crippen molar-refractivity contribution in [2.45, 2.75) is 154 Å². The van der Waals surface area contributed by atoms with Crippen LogP contribution in [0, 0.1) is 0 Å². The highest BCUT2D eigenvalue weighted by molar-refractivity contribution is 5.71. The number of alkyl halides is 6. The van der Waals surface area contributed by atoms with Crippen molar-refractivity contribution in [3.05, 3.63) is 72.3 Å². The van der Waals surface area contributed by atoms with Crippen LogP contribution in [-0.4, -0.2) is 24.3 Å². The van der Waals surface area contributed by atoms with E-state index in [0.717, 1.165) is 6.54 Å². The number of pyridine rings is 2. The SMILES string of the molecule is C1=C/CCCC[n+]2cccc(c2)CCCCCCCCCCCC[n+]2cccc(c2)CCCCCC/1.O=C([O-])C(F)(F)F.O=C([O-])C(F)(F)F.